The maximum Gasteiger partial charge on any atom is 0.117 e. The summed E-state index contributed by atoms with van der Waals surface area (Å²) in [6.07, 6.45) is 0. The van der Waals surface area contributed by atoms with E-state index in [-0.39, 0.29) is 6.61 Å². The van der Waals surface area contributed by atoms with Crippen LogP contribution in [0.3, 0.4) is 0 Å². The molecule has 0 bridgehead atoms. The Balaban J connectivity index is 2.17. The van der Waals surface area contributed by atoms with Crippen LogP contribution in [-0.4, -0.2) is 20.1 Å². The normalized spacial score (nSPS) is 10.8. The summed E-state index contributed by atoms with van der Waals surface area (Å²) in [5.74, 6) is 0. The van der Waals surface area contributed by atoms with E-state index in [0.717, 1.165) is 16.3 Å². The lowest BCUT2D eigenvalue weighted by Crippen LogP contribution is -1.99. The van der Waals surface area contributed by atoms with Gasteiger partial charge >= 0.3 is 0 Å². The first-order valence-electron chi connectivity index (χ1n) is 5.65. The van der Waals surface area contributed by atoms with Crippen LogP contribution >= 0.6 is 22.9 Å². The predicted molar refractivity (Wildman–Crippen MR) is 75.6 cm³/mol. The molecule has 0 unspecified atom stereocenters. The van der Waals surface area contributed by atoms with Gasteiger partial charge in [-0.05, 0) is 35.7 Å². The average molecular weight is 292 g/mol. The van der Waals surface area contributed by atoms with E-state index in [1.54, 1.807) is 28.2 Å². The quantitative estimate of drug-likeness (QED) is 0.806. The Morgan fingerprint density at radius 1 is 1.21 bits per heavy atom. The molecule has 0 spiro atoms. The lowest BCUT2D eigenvalue weighted by molar-refractivity contribution is 0.277. The number of nitrogens with zero attached hydrogens (tertiary/aromatic N) is 3. The van der Waals surface area contributed by atoms with Gasteiger partial charge in [0, 0.05) is 5.02 Å². The lowest BCUT2D eigenvalue weighted by atomic mass is 10.2. The van der Waals surface area contributed by atoms with Crippen molar-refractivity contribution in [2.75, 3.05) is 0 Å². The molecule has 1 N–H and O–H groups in total. The van der Waals surface area contributed by atoms with Crippen molar-refractivity contribution in [3.05, 3.63) is 52.5 Å². The number of aliphatic hydroxyl groups is 1. The van der Waals surface area contributed by atoms with E-state index < -0.39 is 0 Å². The number of rotatable bonds is 3. The topological polar surface area (TPSA) is 50.9 Å². The van der Waals surface area contributed by atoms with Crippen molar-refractivity contribution < 1.29 is 5.11 Å². The van der Waals surface area contributed by atoms with Crippen LogP contribution in [-0.2, 0) is 6.61 Å². The minimum absolute atomic E-state index is 0.138. The highest BCUT2D eigenvalue weighted by molar-refractivity contribution is 7.13. The van der Waals surface area contributed by atoms with Crippen LogP contribution in [0.15, 0.2) is 41.8 Å². The Labute approximate surface area is 118 Å². The van der Waals surface area contributed by atoms with Crippen molar-refractivity contribution in [1.29, 1.82) is 0 Å². The van der Waals surface area contributed by atoms with E-state index >= 15 is 0 Å². The third-order valence-corrected chi connectivity index (χ3v) is 3.84. The summed E-state index contributed by atoms with van der Waals surface area (Å²) < 4.78 is 1.72. The molecule has 0 atom stereocenters. The number of aliphatic hydroxyl groups excluding tert-OH is 1. The maximum atomic E-state index is 9.39. The zero-order chi connectivity index (χ0) is 13.2. The molecule has 96 valence electrons. The summed E-state index contributed by atoms with van der Waals surface area (Å²) in [5, 5.41) is 20.2. The van der Waals surface area contributed by atoms with Crippen molar-refractivity contribution in [3.63, 3.8) is 0 Å². The van der Waals surface area contributed by atoms with Gasteiger partial charge in [0.25, 0.3) is 0 Å². The summed E-state index contributed by atoms with van der Waals surface area (Å²) in [5.41, 5.74) is 2.25. The van der Waals surface area contributed by atoms with Gasteiger partial charge in [-0.1, -0.05) is 22.9 Å². The zero-order valence-corrected chi connectivity index (χ0v) is 11.4. The van der Waals surface area contributed by atoms with Crippen molar-refractivity contribution in [2.45, 2.75) is 6.61 Å². The molecule has 3 aromatic rings. The lowest BCUT2D eigenvalue weighted by Gasteiger charge is -2.05. The fourth-order valence-electron chi connectivity index (χ4n) is 1.84. The van der Waals surface area contributed by atoms with E-state index in [1.165, 1.54) is 0 Å². The molecule has 0 radical (unpaired) electrons. The van der Waals surface area contributed by atoms with Crippen molar-refractivity contribution in [2.24, 2.45) is 0 Å². The van der Waals surface area contributed by atoms with Gasteiger partial charge in [0.15, 0.2) is 0 Å². The van der Waals surface area contributed by atoms with E-state index in [1.807, 2.05) is 29.6 Å². The Morgan fingerprint density at radius 2 is 2.00 bits per heavy atom. The van der Waals surface area contributed by atoms with Gasteiger partial charge in [-0.3, -0.25) is 0 Å². The molecule has 3 rings (SSSR count). The summed E-state index contributed by atoms with van der Waals surface area (Å²) >= 11 is 7.47. The standard InChI is InChI=1S/C13H10ClN3OS/c14-9-3-5-10(6-4-9)17-13(11(8-18)15-16-17)12-2-1-7-19-12/h1-7,18H,8H2. The first kappa shape index (κ1) is 12.3. The summed E-state index contributed by atoms with van der Waals surface area (Å²) in [6.45, 7) is -0.138. The molecule has 0 amide bonds. The van der Waals surface area contributed by atoms with Crippen LogP contribution in [0.2, 0.25) is 5.02 Å². The molecule has 2 aromatic heterocycles. The minimum Gasteiger partial charge on any atom is -0.390 e. The number of thiophene rings is 1. The first-order chi connectivity index (χ1) is 9.29. The number of hydrogen-bond donors (Lipinski definition) is 1. The van der Waals surface area contributed by atoms with Crippen molar-refractivity contribution in [1.82, 2.24) is 15.0 Å². The van der Waals surface area contributed by atoms with Gasteiger partial charge in [0.05, 0.1) is 17.2 Å². The van der Waals surface area contributed by atoms with Crippen LogP contribution in [0.5, 0.6) is 0 Å². The molecule has 2 heterocycles. The highest BCUT2D eigenvalue weighted by Gasteiger charge is 2.16. The Hall–Kier alpha value is -1.69. The zero-order valence-electron chi connectivity index (χ0n) is 9.82. The van der Waals surface area contributed by atoms with Crippen LogP contribution in [0.1, 0.15) is 5.69 Å². The molecule has 0 fully saturated rings. The highest BCUT2D eigenvalue weighted by atomic mass is 35.5. The van der Waals surface area contributed by atoms with Gasteiger partial charge in [0.2, 0.25) is 0 Å². The number of benzene rings is 1. The molecule has 0 saturated carbocycles. The van der Waals surface area contributed by atoms with Crippen LogP contribution in [0.4, 0.5) is 0 Å². The molecule has 6 heteroatoms. The molecule has 1 aromatic carbocycles. The third-order valence-electron chi connectivity index (χ3n) is 2.72. The summed E-state index contributed by atoms with van der Waals surface area (Å²) in [4.78, 5) is 1.02. The molecule has 0 aliphatic rings. The van der Waals surface area contributed by atoms with Crippen LogP contribution < -0.4 is 0 Å². The van der Waals surface area contributed by atoms with E-state index in [9.17, 15) is 5.11 Å². The van der Waals surface area contributed by atoms with Crippen molar-refractivity contribution in [3.8, 4) is 16.3 Å². The Kier molecular flexibility index (Phi) is 3.33. The Morgan fingerprint density at radius 3 is 2.63 bits per heavy atom. The van der Waals surface area contributed by atoms with E-state index in [4.69, 9.17) is 11.6 Å². The summed E-state index contributed by atoms with van der Waals surface area (Å²) in [7, 11) is 0. The van der Waals surface area contributed by atoms with Crippen LogP contribution in [0, 0.1) is 0 Å². The molecule has 19 heavy (non-hydrogen) atoms. The monoisotopic (exact) mass is 291 g/mol. The molecular formula is C13H10ClN3OS. The van der Waals surface area contributed by atoms with Crippen molar-refractivity contribution >= 4 is 22.9 Å². The Bertz CT molecular complexity index is 676. The van der Waals surface area contributed by atoms with Gasteiger partial charge in [0.1, 0.15) is 11.4 Å². The largest absolute Gasteiger partial charge is 0.390 e. The fourth-order valence-corrected chi connectivity index (χ4v) is 2.75. The fraction of sp³-hybridized carbons (Fsp3) is 0.0769. The number of hydrogen-bond acceptors (Lipinski definition) is 4. The third kappa shape index (κ3) is 2.28. The van der Waals surface area contributed by atoms with E-state index in [0.29, 0.717) is 10.7 Å². The second-order valence-corrected chi connectivity index (χ2v) is 5.29. The van der Waals surface area contributed by atoms with Gasteiger partial charge in [-0.2, -0.15) is 0 Å². The molecule has 0 saturated heterocycles. The molecule has 4 nitrogen and oxygen atoms in total. The maximum absolute atomic E-state index is 9.39. The van der Waals surface area contributed by atoms with Gasteiger partial charge in [-0.25, -0.2) is 4.68 Å². The van der Waals surface area contributed by atoms with Gasteiger partial charge in [-0.15, -0.1) is 16.4 Å². The number of halogens is 1. The SMILES string of the molecule is OCc1nnn(-c2ccc(Cl)cc2)c1-c1cccs1. The minimum atomic E-state index is -0.138. The van der Waals surface area contributed by atoms with Gasteiger partial charge < -0.3 is 5.11 Å². The predicted octanol–water partition coefficient (Wildman–Crippen LogP) is 3.14. The highest BCUT2D eigenvalue weighted by Crippen LogP contribution is 2.29. The number of aromatic nitrogens is 3. The molecule has 0 aliphatic heterocycles. The smallest absolute Gasteiger partial charge is 0.117 e. The molecular weight excluding hydrogens is 282 g/mol. The second kappa shape index (κ2) is 5.13. The average Bonchev–Trinajstić information content (AvgIpc) is 3.07. The van der Waals surface area contributed by atoms with Crippen LogP contribution in [0.25, 0.3) is 16.3 Å². The molecule has 0 aliphatic carbocycles. The second-order valence-electron chi connectivity index (χ2n) is 3.91. The first-order valence-corrected chi connectivity index (χ1v) is 6.90. The summed E-state index contributed by atoms with van der Waals surface area (Å²) in [6, 6.07) is 11.3. The van der Waals surface area contributed by atoms with E-state index in [2.05, 4.69) is 10.3 Å².